The van der Waals surface area contributed by atoms with Gasteiger partial charge in [-0.2, -0.15) is 0 Å². The van der Waals surface area contributed by atoms with Crippen molar-refractivity contribution in [2.45, 2.75) is 0 Å². The summed E-state index contributed by atoms with van der Waals surface area (Å²) in [6.07, 6.45) is 0. The van der Waals surface area contributed by atoms with Gasteiger partial charge in [-0.1, -0.05) is 6.07 Å². The van der Waals surface area contributed by atoms with Crippen molar-refractivity contribution in [1.82, 2.24) is 15.4 Å². The number of carbonyl (C=O) groups is 1. The smallest absolute Gasteiger partial charge is 0.274 e. The normalized spacial score (nSPS) is 12.9. The molecule has 1 aliphatic heterocycles. The molecule has 0 aliphatic carbocycles. The Morgan fingerprint density at radius 1 is 1.17 bits per heavy atom. The summed E-state index contributed by atoms with van der Waals surface area (Å²) in [5.41, 5.74) is 4.15. The SMILES string of the molecule is O=C(NO)c1cccc(Nc2nc3cc4c(cc3[nH]2)OCCO4)c1. The molecule has 122 valence electrons. The Bertz CT molecular complexity index is 879. The van der Waals surface area contributed by atoms with E-state index >= 15 is 0 Å². The number of fused-ring (bicyclic) bond motifs is 2. The molecule has 8 heteroatoms. The summed E-state index contributed by atoms with van der Waals surface area (Å²) in [4.78, 5) is 19.1. The highest BCUT2D eigenvalue weighted by Crippen LogP contribution is 2.34. The first-order valence-electron chi connectivity index (χ1n) is 7.34. The lowest BCUT2D eigenvalue weighted by atomic mass is 10.2. The number of amides is 1. The lowest BCUT2D eigenvalue weighted by Crippen LogP contribution is -2.18. The van der Waals surface area contributed by atoms with Crippen LogP contribution in [-0.4, -0.2) is 34.3 Å². The minimum atomic E-state index is -0.578. The molecule has 2 aromatic carbocycles. The number of benzene rings is 2. The predicted octanol–water partition coefficient (Wildman–Crippen LogP) is 2.20. The molecule has 4 rings (SSSR count). The van der Waals surface area contributed by atoms with E-state index in [1.807, 2.05) is 12.1 Å². The van der Waals surface area contributed by atoms with Crippen LogP contribution in [0.2, 0.25) is 0 Å². The topological polar surface area (TPSA) is 108 Å². The van der Waals surface area contributed by atoms with Crippen molar-refractivity contribution < 1.29 is 19.5 Å². The van der Waals surface area contributed by atoms with E-state index < -0.39 is 5.91 Å². The fourth-order valence-corrected chi connectivity index (χ4v) is 2.55. The van der Waals surface area contributed by atoms with Gasteiger partial charge in [-0.05, 0) is 18.2 Å². The van der Waals surface area contributed by atoms with Gasteiger partial charge in [0.05, 0.1) is 11.0 Å². The van der Waals surface area contributed by atoms with Crippen LogP contribution in [0.5, 0.6) is 11.5 Å². The van der Waals surface area contributed by atoms with Gasteiger partial charge < -0.3 is 19.8 Å². The Kier molecular flexibility index (Phi) is 3.43. The third-order valence-electron chi connectivity index (χ3n) is 3.63. The molecular formula is C16H14N4O4. The number of nitrogens with zero attached hydrogens (tertiary/aromatic N) is 1. The third-order valence-corrected chi connectivity index (χ3v) is 3.63. The van der Waals surface area contributed by atoms with Crippen molar-refractivity contribution in [3.8, 4) is 11.5 Å². The van der Waals surface area contributed by atoms with Gasteiger partial charge in [0.1, 0.15) is 13.2 Å². The van der Waals surface area contributed by atoms with Gasteiger partial charge in [-0.25, -0.2) is 10.5 Å². The summed E-state index contributed by atoms with van der Waals surface area (Å²) in [7, 11) is 0. The van der Waals surface area contributed by atoms with Crippen LogP contribution in [0, 0.1) is 0 Å². The van der Waals surface area contributed by atoms with E-state index in [0.717, 1.165) is 11.0 Å². The molecule has 24 heavy (non-hydrogen) atoms. The summed E-state index contributed by atoms with van der Waals surface area (Å²) in [6, 6.07) is 10.4. The second kappa shape index (κ2) is 5.74. The predicted molar refractivity (Wildman–Crippen MR) is 86.1 cm³/mol. The molecular weight excluding hydrogens is 312 g/mol. The fourth-order valence-electron chi connectivity index (χ4n) is 2.55. The monoisotopic (exact) mass is 326 g/mol. The molecule has 0 radical (unpaired) electrons. The number of rotatable bonds is 3. The molecule has 0 saturated heterocycles. The molecule has 0 unspecified atom stereocenters. The van der Waals surface area contributed by atoms with Crippen molar-refractivity contribution in [1.29, 1.82) is 0 Å². The Hall–Kier alpha value is -3.26. The van der Waals surface area contributed by atoms with E-state index in [2.05, 4.69) is 15.3 Å². The van der Waals surface area contributed by atoms with Crippen molar-refractivity contribution in [3.05, 3.63) is 42.0 Å². The molecule has 0 bridgehead atoms. The number of hydroxylamine groups is 1. The van der Waals surface area contributed by atoms with Crippen LogP contribution >= 0.6 is 0 Å². The minimum absolute atomic E-state index is 0.330. The van der Waals surface area contributed by atoms with Gasteiger partial charge in [-0.15, -0.1) is 0 Å². The molecule has 1 aliphatic rings. The number of hydrogen-bond acceptors (Lipinski definition) is 6. The van der Waals surface area contributed by atoms with Crippen molar-refractivity contribution in [2.24, 2.45) is 0 Å². The van der Waals surface area contributed by atoms with Gasteiger partial charge in [0.25, 0.3) is 5.91 Å². The number of hydrogen-bond donors (Lipinski definition) is 4. The first-order valence-corrected chi connectivity index (χ1v) is 7.34. The zero-order chi connectivity index (χ0) is 16.5. The van der Waals surface area contributed by atoms with Crippen LogP contribution in [-0.2, 0) is 0 Å². The minimum Gasteiger partial charge on any atom is -0.486 e. The maximum absolute atomic E-state index is 11.5. The Morgan fingerprint density at radius 2 is 1.96 bits per heavy atom. The zero-order valence-corrected chi connectivity index (χ0v) is 12.5. The number of aromatic amines is 1. The summed E-state index contributed by atoms with van der Waals surface area (Å²) in [6.45, 7) is 1.05. The highest BCUT2D eigenvalue weighted by Gasteiger charge is 2.15. The highest BCUT2D eigenvalue weighted by atomic mass is 16.6. The Morgan fingerprint density at radius 3 is 2.75 bits per heavy atom. The first-order chi connectivity index (χ1) is 11.7. The molecule has 1 amide bonds. The summed E-state index contributed by atoms with van der Waals surface area (Å²) >= 11 is 0. The first kappa shape index (κ1) is 14.3. The van der Waals surface area contributed by atoms with Gasteiger partial charge in [0.2, 0.25) is 5.95 Å². The number of H-pyrrole nitrogens is 1. The molecule has 2 heterocycles. The zero-order valence-electron chi connectivity index (χ0n) is 12.5. The van der Waals surface area contributed by atoms with E-state index in [-0.39, 0.29) is 0 Å². The largest absolute Gasteiger partial charge is 0.486 e. The molecule has 0 atom stereocenters. The average molecular weight is 326 g/mol. The van der Waals surface area contributed by atoms with E-state index in [1.165, 1.54) is 0 Å². The fraction of sp³-hybridized carbons (Fsp3) is 0.125. The quantitative estimate of drug-likeness (QED) is 0.434. The van der Waals surface area contributed by atoms with E-state index in [4.69, 9.17) is 14.7 Å². The Labute approximate surface area is 136 Å². The highest BCUT2D eigenvalue weighted by molar-refractivity contribution is 5.94. The molecule has 0 saturated carbocycles. The number of nitrogens with one attached hydrogen (secondary N) is 3. The molecule has 0 spiro atoms. The van der Waals surface area contributed by atoms with Gasteiger partial charge in [0.15, 0.2) is 11.5 Å². The second-order valence-electron chi connectivity index (χ2n) is 5.25. The van der Waals surface area contributed by atoms with Gasteiger partial charge >= 0.3 is 0 Å². The lowest BCUT2D eigenvalue weighted by Gasteiger charge is -2.17. The van der Waals surface area contributed by atoms with Crippen LogP contribution in [0.25, 0.3) is 11.0 Å². The van der Waals surface area contributed by atoms with Crippen LogP contribution in [0.15, 0.2) is 36.4 Å². The number of aromatic nitrogens is 2. The van der Waals surface area contributed by atoms with E-state index in [9.17, 15) is 4.79 Å². The van der Waals surface area contributed by atoms with Crippen molar-refractivity contribution in [3.63, 3.8) is 0 Å². The second-order valence-corrected chi connectivity index (χ2v) is 5.25. The van der Waals surface area contributed by atoms with Crippen LogP contribution < -0.4 is 20.3 Å². The van der Waals surface area contributed by atoms with Crippen molar-refractivity contribution >= 4 is 28.6 Å². The van der Waals surface area contributed by atoms with Crippen LogP contribution in [0.4, 0.5) is 11.6 Å². The van der Waals surface area contributed by atoms with E-state index in [0.29, 0.717) is 41.9 Å². The molecule has 1 aromatic heterocycles. The maximum atomic E-state index is 11.5. The molecule has 3 aromatic rings. The third kappa shape index (κ3) is 2.59. The van der Waals surface area contributed by atoms with Gasteiger partial charge in [-0.3, -0.25) is 10.0 Å². The number of imidazole rings is 1. The average Bonchev–Trinajstić information content (AvgIpc) is 3.00. The standard InChI is InChI=1S/C16H14N4O4/c21-15(20-22)9-2-1-3-10(6-9)17-16-18-11-7-13-14(8-12(11)19-16)24-5-4-23-13/h1-3,6-8,22H,4-5H2,(H,20,21)(H2,17,18,19). The van der Waals surface area contributed by atoms with Gasteiger partial charge in [0, 0.05) is 23.4 Å². The lowest BCUT2D eigenvalue weighted by molar-refractivity contribution is 0.0706. The molecule has 0 fully saturated rings. The van der Waals surface area contributed by atoms with Crippen LogP contribution in [0.3, 0.4) is 0 Å². The maximum Gasteiger partial charge on any atom is 0.274 e. The summed E-state index contributed by atoms with van der Waals surface area (Å²) < 4.78 is 11.1. The van der Waals surface area contributed by atoms with Crippen molar-refractivity contribution in [2.75, 3.05) is 18.5 Å². The number of carbonyl (C=O) groups excluding carboxylic acids is 1. The summed E-state index contributed by atoms with van der Waals surface area (Å²) in [5.74, 6) is 1.30. The number of anilines is 2. The Balaban J connectivity index is 1.64. The molecule has 8 nitrogen and oxygen atoms in total. The molecule has 4 N–H and O–H groups in total. The number of ether oxygens (including phenoxy) is 2. The van der Waals surface area contributed by atoms with E-state index in [1.54, 1.807) is 29.7 Å². The van der Waals surface area contributed by atoms with Crippen LogP contribution in [0.1, 0.15) is 10.4 Å². The summed E-state index contributed by atoms with van der Waals surface area (Å²) in [5, 5.41) is 11.8.